The second-order valence-corrected chi connectivity index (χ2v) is 5.12. The number of rotatable bonds is 1. The van der Waals surface area contributed by atoms with Gasteiger partial charge in [0.1, 0.15) is 0 Å². The van der Waals surface area contributed by atoms with Crippen LogP contribution in [0.15, 0.2) is 23.9 Å². The molecule has 0 saturated carbocycles. The SMILES string of the molecule is CC1=CN(c2c(C)cc(C(F)(F)F)cc2Cl)C(=O)NC1O. The van der Waals surface area contributed by atoms with Crippen LogP contribution in [0.25, 0.3) is 0 Å². The Balaban J connectivity index is 2.53. The summed E-state index contributed by atoms with van der Waals surface area (Å²) in [5.74, 6) is 0. The van der Waals surface area contributed by atoms with Crippen LogP contribution >= 0.6 is 11.6 Å². The Bertz CT molecular complexity index is 605. The van der Waals surface area contributed by atoms with E-state index in [9.17, 15) is 23.1 Å². The number of hydrogen-bond donors (Lipinski definition) is 2. The highest BCUT2D eigenvalue weighted by molar-refractivity contribution is 6.34. The summed E-state index contributed by atoms with van der Waals surface area (Å²) in [7, 11) is 0. The Morgan fingerprint density at radius 2 is 1.95 bits per heavy atom. The predicted molar refractivity (Wildman–Crippen MR) is 72.0 cm³/mol. The average molecular weight is 321 g/mol. The van der Waals surface area contributed by atoms with Crippen LogP contribution < -0.4 is 10.2 Å². The van der Waals surface area contributed by atoms with E-state index in [0.717, 1.165) is 17.0 Å². The van der Waals surface area contributed by atoms with Crippen molar-refractivity contribution < 1.29 is 23.1 Å². The van der Waals surface area contributed by atoms with Gasteiger partial charge in [-0.15, -0.1) is 0 Å². The molecule has 114 valence electrons. The maximum atomic E-state index is 12.7. The Morgan fingerprint density at radius 3 is 2.48 bits per heavy atom. The zero-order chi connectivity index (χ0) is 15.9. The van der Waals surface area contributed by atoms with Crippen LogP contribution in [-0.2, 0) is 6.18 Å². The first-order valence-electron chi connectivity index (χ1n) is 5.94. The molecule has 1 heterocycles. The van der Waals surface area contributed by atoms with E-state index >= 15 is 0 Å². The molecule has 2 amide bonds. The molecule has 8 heteroatoms. The van der Waals surface area contributed by atoms with Gasteiger partial charge in [-0.25, -0.2) is 4.79 Å². The van der Waals surface area contributed by atoms with Gasteiger partial charge in [-0.05, 0) is 37.1 Å². The summed E-state index contributed by atoms with van der Waals surface area (Å²) in [6.07, 6.45) is -4.30. The first-order chi connectivity index (χ1) is 9.61. The lowest BCUT2D eigenvalue weighted by Gasteiger charge is -2.30. The lowest BCUT2D eigenvalue weighted by molar-refractivity contribution is -0.137. The normalized spacial score (nSPS) is 19.4. The van der Waals surface area contributed by atoms with Crippen molar-refractivity contribution in [3.8, 4) is 0 Å². The molecule has 0 aliphatic carbocycles. The number of anilines is 1. The molecule has 1 aliphatic heterocycles. The van der Waals surface area contributed by atoms with E-state index in [0.29, 0.717) is 5.57 Å². The summed E-state index contributed by atoms with van der Waals surface area (Å²) in [6, 6.07) is 1.02. The van der Waals surface area contributed by atoms with Crippen LogP contribution in [0.2, 0.25) is 5.02 Å². The lowest BCUT2D eigenvalue weighted by Crippen LogP contribution is -2.48. The van der Waals surface area contributed by atoms with Crippen LogP contribution in [-0.4, -0.2) is 17.4 Å². The molecule has 1 atom stereocenters. The van der Waals surface area contributed by atoms with Crippen molar-refractivity contribution >= 4 is 23.3 Å². The Morgan fingerprint density at radius 1 is 1.33 bits per heavy atom. The molecular formula is C13H12ClF3N2O2. The quantitative estimate of drug-likeness (QED) is 0.833. The van der Waals surface area contributed by atoms with Gasteiger partial charge < -0.3 is 10.4 Å². The summed E-state index contributed by atoms with van der Waals surface area (Å²) < 4.78 is 38.1. The smallest absolute Gasteiger partial charge is 0.370 e. The molecule has 0 aromatic heterocycles. The number of alkyl halides is 3. The van der Waals surface area contributed by atoms with E-state index < -0.39 is 24.0 Å². The molecule has 0 fully saturated rings. The molecule has 0 saturated heterocycles. The standard InChI is InChI=1S/C13H12ClF3N2O2/c1-6-3-8(13(15,16)17)4-9(14)10(6)19-5-7(2)11(20)18-12(19)21/h3-5,11,20H,1-2H3,(H,18,21). The summed E-state index contributed by atoms with van der Waals surface area (Å²) >= 11 is 5.91. The first-order valence-corrected chi connectivity index (χ1v) is 6.32. The topological polar surface area (TPSA) is 52.6 Å². The van der Waals surface area contributed by atoms with Gasteiger partial charge in [0.25, 0.3) is 0 Å². The number of amides is 2. The Labute approximate surface area is 123 Å². The van der Waals surface area contributed by atoms with Crippen molar-refractivity contribution in [2.75, 3.05) is 4.90 Å². The van der Waals surface area contributed by atoms with Crippen molar-refractivity contribution in [2.24, 2.45) is 0 Å². The minimum absolute atomic E-state index is 0.147. The zero-order valence-corrected chi connectivity index (χ0v) is 11.9. The van der Waals surface area contributed by atoms with E-state index in [2.05, 4.69) is 5.32 Å². The molecular weight excluding hydrogens is 309 g/mol. The molecule has 1 aromatic carbocycles. The summed E-state index contributed by atoms with van der Waals surface area (Å²) in [6.45, 7) is 3.00. The third kappa shape index (κ3) is 2.98. The van der Waals surface area contributed by atoms with Crippen LogP contribution in [0.3, 0.4) is 0 Å². The molecule has 0 spiro atoms. The highest BCUT2D eigenvalue weighted by Gasteiger charge is 2.33. The molecule has 4 nitrogen and oxygen atoms in total. The van der Waals surface area contributed by atoms with E-state index in [-0.39, 0.29) is 16.3 Å². The minimum atomic E-state index is -4.51. The molecule has 1 aromatic rings. The molecule has 1 unspecified atom stereocenters. The number of aliphatic hydroxyl groups is 1. The second-order valence-electron chi connectivity index (χ2n) is 4.72. The number of carbonyl (C=O) groups excluding carboxylic acids is 1. The Hall–Kier alpha value is -1.73. The summed E-state index contributed by atoms with van der Waals surface area (Å²) in [5, 5.41) is 11.6. The fourth-order valence-corrected chi connectivity index (χ4v) is 2.36. The van der Waals surface area contributed by atoms with Gasteiger partial charge in [-0.3, -0.25) is 4.90 Å². The second kappa shape index (κ2) is 5.23. The van der Waals surface area contributed by atoms with Crippen LogP contribution in [0.1, 0.15) is 18.1 Å². The molecule has 21 heavy (non-hydrogen) atoms. The number of nitrogens with one attached hydrogen (secondary N) is 1. The van der Waals surface area contributed by atoms with Crippen molar-refractivity contribution in [3.05, 3.63) is 40.1 Å². The number of halogens is 4. The van der Waals surface area contributed by atoms with Gasteiger partial charge >= 0.3 is 12.2 Å². The van der Waals surface area contributed by atoms with Gasteiger partial charge in [-0.1, -0.05) is 11.6 Å². The van der Waals surface area contributed by atoms with Gasteiger partial charge in [0.15, 0.2) is 6.23 Å². The first kappa shape index (κ1) is 15.7. The summed E-state index contributed by atoms with van der Waals surface area (Å²) in [5.41, 5.74) is -0.101. The van der Waals surface area contributed by atoms with Crippen molar-refractivity contribution in [2.45, 2.75) is 26.3 Å². The number of urea groups is 1. The number of aryl methyl sites for hydroxylation is 1. The van der Waals surface area contributed by atoms with E-state index in [1.165, 1.54) is 13.1 Å². The van der Waals surface area contributed by atoms with E-state index in [1.54, 1.807) is 6.92 Å². The van der Waals surface area contributed by atoms with Gasteiger partial charge in [0.05, 0.1) is 16.3 Å². The number of nitrogens with zero attached hydrogens (tertiary/aromatic N) is 1. The van der Waals surface area contributed by atoms with Crippen LogP contribution in [0, 0.1) is 6.92 Å². The van der Waals surface area contributed by atoms with Gasteiger partial charge in [0, 0.05) is 6.20 Å². The fraction of sp³-hybridized carbons (Fsp3) is 0.308. The molecule has 0 radical (unpaired) electrons. The Kier molecular flexibility index (Phi) is 3.90. The highest BCUT2D eigenvalue weighted by Crippen LogP contribution is 2.38. The molecule has 2 rings (SSSR count). The van der Waals surface area contributed by atoms with Crippen molar-refractivity contribution in [1.29, 1.82) is 0 Å². The van der Waals surface area contributed by atoms with E-state index in [1.807, 2.05) is 0 Å². The lowest BCUT2D eigenvalue weighted by atomic mass is 10.1. The molecule has 2 N–H and O–H groups in total. The van der Waals surface area contributed by atoms with Crippen LogP contribution in [0.5, 0.6) is 0 Å². The van der Waals surface area contributed by atoms with Crippen molar-refractivity contribution in [3.63, 3.8) is 0 Å². The number of aliphatic hydroxyl groups excluding tert-OH is 1. The highest BCUT2D eigenvalue weighted by atomic mass is 35.5. The van der Waals surface area contributed by atoms with Crippen LogP contribution in [0.4, 0.5) is 23.7 Å². The van der Waals surface area contributed by atoms with E-state index in [4.69, 9.17) is 11.6 Å². The summed E-state index contributed by atoms with van der Waals surface area (Å²) in [4.78, 5) is 12.9. The molecule has 1 aliphatic rings. The minimum Gasteiger partial charge on any atom is -0.370 e. The van der Waals surface area contributed by atoms with Gasteiger partial charge in [-0.2, -0.15) is 13.2 Å². The fourth-order valence-electron chi connectivity index (χ4n) is 2.00. The average Bonchev–Trinajstić information content (AvgIpc) is 2.33. The van der Waals surface area contributed by atoms with Gasteiger partial charge in [0.2, 0.25) is 0 Å². The largest absolute Gasteiger partial charge is 0.416 e. The maximum absolute atomic E-state index is 12.7. The number of carbonyl (C=O) groups is 1. The monoisotopic (exact) mass is 320 g/mol. The third-order valence-electron chi connectivity index (χ3n) is 3.07. The number of benzene rings is 1. The predicted octanol–water partition coefficient (Wildman–Crippen LogP) is 3.42. The zero-order valence-electron chi connectivity index (χ0n) is 11.1. The van der Waals surface area contributed by atoms with Crippen molar-refractivity contribution in [1.82, 2.24) is 5.32 Å². The maximum Gasteiger partial charge on any atom is 0.416 e. The third-order valence-corrected chi connectivity index (χ3v) is 3.35. The molecule has 0 bridgehead atoms. The number of hydrogen-bond acceptors (Lipinski definition) is 2.